The number of methoxy groups -OCH3 is 1. The van der Waals surface area contributed by atoms with Crippen LogP contribution in [-0.2, 0) is 17.7 Å². The van der Waals surface area contributed by atoms with Crippen molar-refractivity contribution in [3.05, 3.63) is 53.2 Å². The van der Waals surface area contributed by atoms with Gasteiger partial charge in [-0.15, -0.1) is 0 Å². The van der Waals surface area contributed by atoms with E-state index in [1.165, 1.54) is 5.56 Å². The molecule has 2 N–H and O–H groups in total. The summed E-state index contributed by atoms with van der Waals surface area (Å²) in [7, 11) is 1.70. The molecule has 0 saturated heterocycles. The van der Waals surface area contributed by atoms with Crippen molar-refractivity contribution >= 4 is 0 Å². The number of rotatable bonds is 6. The zero-order chi connectivity index (χ0) is 14.4. The molecule has 0 saturated carbocycles. The molecule has 20 heavy (non-hydrogen) atoms. The van der Waals surface area contributed by atoms with Crippen LogP contribution in [-0.4, -0.2) is 18.7 Å². The molecule has 0 amide bonds. The lowest BCUT2D eigenvalue weighted by atomic mass is 10.1. The van der Waals surface area contributed by atoms with Gasteiger partial charge in [-0.3, -0.25) is 0 Å². The molecule has 4 heteroatoms. The van der Waals surface area contributed by atoms with Crippen molar-refractivity contribution in [1.29, 1.82) is 0 Å². The van der Waals surface area contributed by atoms with E-state index in [9.17, 15) is 0 Å². The van der Waals surface area contributed by atoms with Crippen LogP contribution >= 0.6 is 0 Å². The normalized spacial score (nSPS) is 10.6. The highest BCUT2D eigenvalue weighted by atomic mass is 16.5. The highest BCUT2D eigenvalue weighted by molar-refractivity contribution is 5.37. The minimum Gasteiger partial charge on any atom is -0.439 e. The third-order valence-electron chi connectivity index (χ3n) is 3.19. The van der Waals surface area contributed by atoms with E-state index in [2.05, 4.69) is 4.98 Å². The Balaban J connectivity index is 2.12. The summed E-state index contributed by atoms with van der Waals surface area (Å²) in [6.07, 6.45) is 2.63. The van der Waals surface area contributed by atoms with Crippen LogP contribution in [0.25, 0.3) is 0 Å². The SMILES string of the molecule is COCCc1ccc(Oc2nccc(C)c2CN)cc1. The lowest BCUT2D eigenvalue weighted by Crippen LogP contribution is -2.03. The molecule has 1 heterocycles. The van der Waals surface area contributed by atoms with Gasteiger partial charge >= 0.3 is 0 Å². The van der Waals surface area contributed by atoms with Crippen LogP contribution in [0.5, 0.6) is 11.6 Å². The van der Waals surface area contributed by atoms with Crippen LogP contribution in [0.4, 0.5) is 0 Å². The maximum atomic E-state index is 5.82. The van der Waals surface area contributed by atoms with Crippen molar-refractivity contribution in [3.63, 3.8) is 0 Å². The third kappa shape index (κ3) is 3.56. The van der Waals surface area contributed by atoms with E-state index in [1.807, 2.05) is 37.3 Å². The number of pyridine rings is 1. The number of aromatic nitrogens is 1. The fourth-order valence-corrected chi connectivity index (χ4v) is 1.96. The summed E-state index contributed by atoms with van der Waals surface area (Å²) in [5.41, 5.74) is 9.00. The van der Waals surface area contributed by atoms with Crippen molar-refractivity contribution in [2.24, 2.45) is 5.73 Å². The number of nitrogens with two attached hydrogens (primary N) is 1. The monoisotopic (exact) mass is 272 g/mol. The Labute approximate surface area is 119 Å². The number of benzene rings is 1. The summed E-state index contributed by atoms with van der Waals surface area (Å²) in [6.45, 7) is 3.14. The summed E-state index contributed by atoms with van der Waals surface area (Å²) in [5.74, 6) is 1.34. The van der Waals surface area contributed by atoms with E-state index < -0.39 is 0 Å². The maximum absolute atomic E-state index is 5.82. The number of hydrogen-bond donors (Lipinski definition) is 1. The molecule has 0 fully saturated rings. The van der Waals surface area contributed by atoms with Crippen LogP contribution in [0.1, 0.15) is 16.7 Å². The maximum Gasteiger partial charge on any atom is 0.223 e. The van der Waals surface area contributed by atoms with Gasteiger partial charge in [-0.25, -0.2) is 4.98 Å². The van der Waals surface area contributed by atoms with Crippen molar-refractivity contribution in [2.45, 2.75) is 19.9 Å². The second-order valence-corrected chi connectivity index (χ2v) is 4.60. The molecule has 0 unspecified atom stereocenters. The first kappa shape index (κ1) is 14.5. The van der Waals surface area contributed by atoms with Gasteiger partial charge in [-0.1, -0.05) is 12.1 Å². The Kier molecular flexibility index (Phi) is 5.09. The standard InChI is InChI=1S/C16H20N2O2/c1-12-7-9-18-16(15(12)11-17)20-14-5-3-13(4-6-14)8-10-19-2/h3-7,9H,8,10-11,17H2,1-2H3. The van der Waals surface area contributed by atoms with Crippen molar-refractivity contribution in [1.82, 2.24) is 4.98 Å². The molecule has 0 aliphatic carbocycles. The fourth-order valence-electron chi connectivity index (χ4n) is 1.96. The number of nitrogens with zero attached hydrogens (tertiary/aromatic N) is 1. The van der Waals surface area contributed by atoms with E-state index in [-0.39, 0.29) is 0 Å². The minimum atomic E-state index is 0.418. The van der Waals surface area contributed by atoms with Gasteiger partial charge in [-0.2, -0.15) is 0 Å². The molecule has 0 aliphatic rings. The molecule has 0 atom stereocenters. The number of hydrogen-bond acceptors (Lipinski definition) is 4. The van der Waals surface area contributed by atoms with Gasteiger partial charge in [0, 0.05) is 25.4 Å². The highest BCUT2D eigenvalue weighted by Gasteiger charge is 2.07. The van der Waals surface area contributed by atoms with Gasteiger partial charge in [-0.05, 0) is 42.7 Å². The molecule has 0 bridgehead atoms. The zero-order valence-electron chi connectivity index (χ0n) is 11.9. The first-order chi connectivity index (χ1) is 9.74. The minimum absolute atomic E-state index is 0.418. The second kappa shape index (κ2) is 7.03. The van der Waals surface area contributed by atoms with Gasteiger partial charge in [0.1, 0.15) is 5.75 Å². The Morgan fingerprint density at radius 1 is 1.15 bits per heavy atom. The van der Waals surface area contributed by atoms with Crippen LogP contribution in [0.3, 0.4) is 0 Å². The molecule has 2 aromatic rings. The second-order valence-electron chi connectivity index (χ2n) is 4.60. The predicted molar refractivity (Wildman–Crippen MR) is 79.0 cm³/mol. The zero-order valence-corrected chi connectivity index (χ0v) is 11.9. The lowest BCUT2D eigenvalue weighted by Gasteiger charge is -2.11. The Morgan fingerprint density at radius 3 is 2.55 bits per heavy atom. The fraction of sp³-hybridized carbons (Fsp3) is 0.312. The van der Waals surface area contributed by atoms with E-state index in [4.69, 9.17) is 15.2 Å². The molecule has 4 nitrogen and oxygen atoms in total. The van der Waals surface area contributed by atoms with E-state index >= 15 is 0 Å². The Bertz CT molecular complexity index is 553. The summed E-state index contributed by atoms with van der Waals surface area (Å²) in [6, 6.07) is 9.88. The first-order valence-electron chi connectivity index (χ1n) is 6.65. The molecule has 2 rings (SSSR count). The van der Waals surface area contributed by atoms with Crippen LogP contribution in [0.2, 0.25) is 0 Å². The third-order valence-corrected chi connectivity index (χ3v) is 3.19. The van der Waals surface area contributed by atoms with Gasteiger partial charge in [0.05, 0.1) is 6.61 Å². The molecule has 0 radical (unpaired) electrons. The quantitative estimate of drug-likeness (QED) is 0.878. The van der Waals surface area contributed by atoms with Crippen molar-refractivity contribution < 1.29 is 9.47 Å². The summed E-state index contributed by atoms with van der Waals surface area (Å²) < 4.78 is 10.9. The van der Waals surface area contributed by atoms with E-state index in [0.717, 1.165) is 29.9 Å². The smallest absolute Gasteiger partial charge is 0.223 e. The van der Waals surface area contributed by atoms with E-state index in [1.54, 1.807) is 13.3 Å². The number of ether oxygens (including phenoxy) is 2. The first-order valence-corrected chi connectivity index (χ1v) is 6.65. The molecule has 0 aliphatic heterocycles. The Hall–Kier alpha value is -1.91. The Morgan fingerprint density at radius 2 is 1.90 bits per heavy atom. The lowest BCUT2D eigenvalue weighted by molar-refractivity contribution is 0.202. The molecule has 0 spiro atoms. The van der Waals surface area contributed by atoms with Gasteiger partial charge in [0.15, 0.2) is 0 Å². The average molecular weight is 272 g/mol. The van der Waals surface area contributed by atoms with Crippen molar-refractivity contribution in [3.8, 4) is 11.6 Å². The highest BCUT2D eigenvalue weighted by Crippen LogP contribution is 2.25. The van der Waals surface area contributed by atoms with Crippen LogP contribution < -0.4 is 10.5 Å². The van der Waals surface area contributed by atoms with Crippen LogP contribution in [0, 0.1) is 6.92 Å². The van der Waals surface area contributed by atoms with Crippen LogP contribution in [0.15, 0.2) is 36.5 Å². The van der Waals surface area contributed by atoms with Gasteiger partial charge in [0.2, 0.25) is 5.88 Å². The molecular formula is C16H20N2O2. The molecule has 1 aromatic carbocycles. The van der Waals surface area contributed by atoms with Crippen molar-refractivity contribution in [2.75, 3.05) is 13.7 Å². The summed E-state index contributed by atoms with van der Waals surface area (Å²) in [4.78, 5) is 4.26. The topological polar surface area (TPSA) is 57.4 Å². The summed E-state index contributed by atoms with van der Waals surface area (Å²) >= 11 is 0. The average Bonchev–Trinajstić information content (AvgIpc) is 2.47. The van der Waals surface area contributed by atoms with Gasteiger partial charge < -0.3 is 15.2 Å². The number of aryl methyl sites for hydroxylation is 1. The molecular weight excluding hydrogens is 252 g/mol. The van der Waals surface area contributed by atoms with Gasteiger partial charge in [0.25, 0.3) is 0 Å². The largest absolute Gasteiger partial charge is 0.439 e. The van der Waals surface area contributed by atoms with E-state index in [0.29, 0.717) is 12.4 Å². The predicted octanol–water partition coefficient (Wildman–Crippen LogP) is 2.83. The molecule has 106 valence electrons. The summed E-state index contributed by atoms with van der Waals surface area (Å²) in [5, 5.41) is 0. The molecule has 1 aromatic heterocycles.